The average molecular weight is 255 g/mol. The van der Waals surface area contributed by atoms with Crippen LogP contribution in [0.25, 0.3) is 0 Å². The van der Waals surface area contributed by atoms with Crippen molar-refractivity contribution in [3.05, 3.63) is 0 Å². The van der Waals surface area contributed by atoms with Crippen molar-refractivity contribution in [3.8, 4) is 0 Å². The molecule has 1 aliphatic rings. The molecule has 0 radical (unpaired) electrons. The van der Waals surface area contributed by atoms with Crippen molar-refractivity contribution in [1.29, 1.82) is 0 Å². The molecule has 0 saturated heterocycles. The van der Waals surface area contributed by atoms with Gasteiger partial charge >= 0.3 is 0 Å². The van der Waals surface area contributed by atoms with E-state index < -0.39 is 0 Å². The van der Waals surface area contributed by atoms with Crippen molar-refractivity contribution in [2.24, 2.45) is 11.8 Å². The summed E-state index contributed by atoms with van der Waals surface area (Å²) in [5, 5.41) is 10.8. The molecule has 1 rings (SSSR count). The van der Waals surface area contributed by atoms with E-state index in [0.29, 0.717) is 5.92 Å². The summed E-state index contributed by atoms with van der Waals surface area (Å²) in [5.74, 6) is 1.34. The zero-order valence-corrected chi connectivity index (χ0v) is 13.1. The van der Waals surface area contributed by atoms with Crippen LogP contribution < -0.4 is 0 Å². The summed E-state index contributed by atoms with van der Waals surface area (Å²) in [4.78, 5) is 2.40. The van der Waals surface area contributed by atoms with E-state index in [0.717, 1.165) is 19.0 Å². The summed E-state index contributed by atoms with van der Waals surface area (Å²) in [7, 11) is 0. The van der Waals surface area contributed by atoms with Crippen LogP contribution in [0, 0.1) is 11.8 Å². The third-order valence-corrected chi connectivity index (χ3v) is 5.15. The smallest absolute Gasteiger partial charge is 0.0746 e. The second-order valence-corrected chi connectivity index (χ2v) is 6.47. The number of likely N-dealkylation sites (N-methyl/N-ethyl adjacent to an activating group) is 1. The Bertz CT molecular complexity index is 235. The molecule has 0 heterocycles. The van der Waals surface area contributed by atoms with Gasteiger partial charge in [-0.05, 0) is 51.6 Å². The van der Waals surface area contributed by atoms with E-state index in [2.05, 4.69) is 39.5 Å². The fourth-order valence-electron chi connectivity index (χ4n) is 3.79. The lowest BCUT2D eigenvalue weighted by Crippen LogP contribution is -2.55. The molecular weight excluding hydrogens is 222 g/mol. The molecule has 108 valence electrons. The molecule has 0 aromatic carbocycles. The molecule has 18 heavy (non-hydrogen) atoms. The predicted octanol–water partition coefficient (Wildman–Crippen LogP) is 3.68. The van der Waals surface area contributed by atoms with Crippen LogP contribution in [0.4, 0.5) is 0 Å². The van der Waals surface area contributed by atoms with E-state index in [1.807, 2.05) is 0 Å². The zero-order valence-electron chi connectivity index (χ0n) is 13.1. The molecule has 3 unspecified atom stereocenters. The molecule has 0 amide bonds. The minimum Gasteiger partial charge on any atom is -0.391 e. The first kappa shape index (κ1) is 16.0. The molecule has 0 spiro atoms. The lowest BCUT2D eigenvalue weighted by atomic mass is 9.73. The summed E-state index contributed by atoms with van der Waals surface area (Å²) in [6.07, 6.45) is 6.19. The summed E-state index contributed by atoms with van der Waals surface area (Å²) < 4.78 is 0. The summed E-state index contributed by atoms with van der Waals surface area (Å²) in [6, 6.07) is 0. The van der Waals surface area contributed by atoms with E-state index >= 15 is 0 Å². The average Bonchev–Trinajstić information content (AvgIpc) is 2.39. The third-order valence-electron chi connectivity index (χ3n) is 5.15. The van der Waals surface area contributed by atoms with Crippen molar-refractivity contribution < 1.29 is 5.11 Å². The SMILES string of the molecule is CCC1CCCC(C(O)C(C)(C)N(CC)CC)C1. The monoisotopic (exact) mass is 255 g/mol. The van der Waals surface area contributed by atoms with Gasteiger partial charge in [-0.25, -0.2) is 0 Å². The maximum Gasteiger partial charge on any atom is 0.0746 e. The minimum absolute atomic E-state index is 0.0935. The molecule has 0 bridgehead atoms. The Balaban J connectivity index is 2.69. The maximum atomic E-state index is 10.8. The van der Waals surface area contributed by atoms with Gasteiger partial charge in [0.1, 0.15) is 0 Å². The van der Waals surface area contributed by atoms with Crippen LogP contribution >= 0.6 is 0 Å². The van der Waals surface area contributed by atoms with E-state index in [-0.39, 0.29) is 11.6 Å². The quantitative estimate of drug-likeness (QED) is 0.782. The number of hydrogen-bond acceptors (Lipinski definition) is 2. The van der Waals surface area contributed by atoms with Crippen LogP contribution in [-0.2, 0) is 0 Å². The summed E-state index contributed by atoms with van der Waals surface area (Å²) in [6.45, 7) is 13.1. The molecule has 0 aromatic rings. The molecule has 0 aromatic heterocycles. The van der Waals surface area contributed by atoms with Gasteiger partial charge in [-0.3, -0.25) is 4.90 Å². The number of aliphatic hydroxyl groups excluding tert-OH is 1. The standard InChI is InChI=1S/C16H33NO/c1-6-13-10-9-11-14(12-13)15(18)16(4,5)17(7-2)8-3/h13-15,18H,6-12H2,1-5H3. The Labute approximate surface area is 114 Å². The lowest BCUT2D eigenvalue weighted by molar-refractivity contribution is -0.0524. The van der Waals surface area contributed by atoms with Gasteiger partial charge in [0.15, 0.2) is 0 Å². The molecule has 2 nitrogen and oxygen atoms in total. The van der Waals surface area contributed by atoms with Crippen molar-refractivity contribution in [3.63, 3.8) is 0 Å². The van der Waals surface area contributed by atoms with Crippen molar-refractivity contribution in [2.75, 3.05) is 13.1 Å². The second kappa shape index (κ2) is 6.91. The van der Waals surface area contributed by atoms with Crippen LogP contribution in [-0.4, -0.2) is 34.7 Å². The molecule has 0 aliphatic heterocycles. The molecular formula is C16H33NO. The highest BCUT2D eigenvalue weighted by Crippen LogP contribution is 2.37. The van der Waals surface area contributed by atoms with Gasteiger partial charge in [0, 0.05) is 5.54 Å². The first-order valence-electron chi connectivity index (χ1n) is 7.90. The number of hydrogen-bond donors (Lipinski definition) is 1. The Hall–Kier alpha value is -0.0800. The van der Waals surface area contributed by atoms with Crippen molar-refractivity contribution in [1.82, 2.24) is 4.90 Å². The van der Waals surface area contributed by atoms with Crippen LogP contribution in [0.1, 0.15) is 66.7 Å². The Morgan fingerprint density at radius 1 is 1.17 bits per heavy atom. The highest BCUT2D eigenvalue weighted by atomic mass is 16.3. The topological polar surface area (TPSA) is 23.5 Å². The van der Waals surface area contributed by atoms with Crippen LogP contribution in [0.3, 0.4) is 0 Å². The maximum absolute atomic E-state index is 10.8. The van der Waals surface area contributed by atoms with Gasteiger partial charge in [-0.1, -0.05) is 40.0 Å². The molecule has 1 aliphatic carbocycles. The van der Waals surface area contributed by atoms with Crippen LogP contribution in [0.5, 0.6) is 0 Å². The molecule has 3 atom stereocenters. The van der Waals surface area contributed by atoms with Gasteiger partial charge in [-0.15, -0.1) is 0 Å². The van der Waals surface area contributed by atoms with E-state index in [1.165, 1.54) is 32.1 Å². The van der Waals surface area contributed by atoms with E-state index in [9.17, 15) is 5.11 Å². The third kappa shape index (κ3) is 3.48. The van der Waals surface area contributed by atoms with E-state index in [4.69, 9.17) is 0 Å². The lowest BCUT2D eigenvalue weighted by Gasteiger charge is -2.45. The van der Waals surface area contributed by atoms with Gasteiger partial charge < -0.3 is 5.11 Å². The molecule has 2 heteroatoms. The molecule has 1 N–H and O–H groups in total. The van der Waals surface area contributed by atoms with Gasteiger partial charge in [0.05, 0.1) is 6.10 Å². The number of rotatable bonds is 6. The first-order chi connectivity index (χ1) is 8.47. The fourth-order valence-corrected chi connectivity index (χ4v) is 3.79. The van der Waals surface area contributed by atoms with Crippen molar-refractivity contribution in [2.45, 2.75) is 78.4 Å². The summed E-state index contributed by atoms with van der Waals surface area (Å²) >= 11 is 0. The largest absolute Gasteiger partial charge is 0.391 e. The first-order valence-corrected chi connectivity index (χ1v) is 7.90. The second-order valence-electron chi connectivity index (χ2n) is 6.47. The Kier molecular flexibility index (Phi) is 6.13. The van der Waals surface area contributed by atoms with Gasteiger partial charge in [-0.2, -0.15) is 0 Å². The Morgan fingerprint density at radius 2 is 1.78 bits per heavy atom. The highest BCUT2D eigenvalue weighted by molar-refractivity contribution is 4.93. The molecule has 1 fully saturated rings. The minimum atomic E-state index is -0.188. The van der Waals surface area contributed by atoms with Crippen LogP contribution in [0.2, 0.25) is 0 Å². The number of aliphatic hydroxyl groups is 1. The van der Waals surface area contributed by atoms with Gasteiger partial charge in [0.2, 0.25) is 0 Å². The normalized spacial score (nSPS) is 27.5. The van der Waals surface area contributed by atoms with Crippen LogP contribution in [0.15, 0.2) is 0 Å². The van der Waals surface area contributed by atoms with Crippen molar-refractivity contribution >= 4 is 0 Å². The van der Waals surface area contributed by atoms with E-state index in [1.54, 1.807) is 0 Å². The fraction of sp³-hybridized carbons (Fsp3) is 1.00. The molecule has 1 saturated carbocycles. The van der Waals surface area contributed by atoms with Gasteiger partial charge in [0.25, 0.3) is 0 Å². The predicted molar refractivity (Wildman–Crippen MR) is 78.7 cm³/mol. The zero-order chi connectivity index (χ0) is 13.8. The highest BCUT2D eigenvalue weighted by Gasteiger charge is 2.39. The summed E-state index contributed by atoms with van der Waals surface area (Å²) in [5.41, 5.74) is -0.0935. The Morgan fingerprint density at radius 3 is 2.28 bits per heavy atom. The number of nitrogens with zero attached hydrogens (tertiary/aromatic N) is 1.